The fourth-order valence-electron chi connectivity index (χ4n) is 1.94. The molecule has 1 atom stereocenters. The number of carbonyl (C=O) groups is 1. The van der Waals surface area contributed by atoms with Gasteiger partial charge in [-0.3, -0.25) is 0 Å². The molecule has 0 spiro atoms. The monoisotopic (exact) mass is 329 g/mol. The molecular formula is C15H20ClNO5. The van der Waals surface area contributed by atoms with Crippen molar-refractivity contribution in [3.05, 3.63) is 22.7 Å². The predicted molar refractivity (Wildman–Crippen MR) is 81.6 cm³/mol. The first kappa shape index (κ1) is 16.7. The summed E-state index contributed by atoms with van der Waals surface area (Å²) in [5, 5.41) is 13.0. The van der Waals surface area contributed by atoms with Gasteiger partial charge in [-0.05, 0) is 38.5 Å². The van der Waals surface area contributed by atoms with E-state index >= 15 is 0 Å². The van der Waals surface area contributed by atoms with Gasteiger partial charge in [0.25, 0.3) is 0 Å². The Labute approximate surface area is 134 Å². The number of amides is 1. The van der Waals surface area contributed by atoms with E-state index in [1.165, 1.54) is 0 Å². The highest BCUT2D eigenvalue weighted by atomic mass is 35.5. The average Bonchev–Trinajstić information content (AvgIpc) is 2.43. The third-order valence-corrected chi connectivity index (χ3v) is 3.12. The molecule has 22 heavy (non-hydrogen) atoms. The summed E-state index contributed by atoms with van der Waals surface area (Å²) in [6, 6.07) is 3.25. The predicted octanol–water partition coefficient (Wildman–Crippen LogP) is 2.67. The highest BCUT2D eigenvalue weighted by Gasteiger charge is 2.21. The highest BCUT2D eigenvalue weighted by Crippen LogP contribution is 2.39. The minimum absolute atomic E-state index is 0.00485. The summed E-state index contributed by atoms with van der Waals surface area (Å²) in [7, 11) is 0. The van der Waals surface area contributed by atoms with Gasteiger partial charge in [0, 0.05) is 0 Å². The molecule has 0 radical (unpaired) electrons. The Balaban J connectivity index is 1.99. The third kappa shape index (κ3) is 4.42. The van der Waals surface area contributed by atoms with Crippen LogP contribution < -0.4 is 14.8 Å². The second-order valence-electron chi connectivity index (χ2n) is 5.93. The highest BCUT2D eigenvalue weighted by molar-refractivity contribution is 6.32. The zero-order valence-corrected chi connectivity index (χ0v) is 13.6. The Hall–Kier alpha value is -1.66. The first-order valence-electron chi connectivity index (χ1n) is 7.00. The normalized spacial score (nSPS) is 15.1. The van der Waals surface area contributed by atoms with Gasteiger partial charge in [0.2, 0.25) is 0 Å². The summed E-state index contributed by atoms with van der Waals surface area (Å²) in [6.07, 6.45) is -1.52. The maximum absolute atomic E-state index is 11.6. The lowest BCUT2D eigenvalue weighted by Gasteiger charge is -2.22. The Morgan fingerprint density at radius 3 is 2.77 bits per heavy atom. The molecule has 1 aromatic rings. The number of aliphatic hydroxyl groups is 1. The van der Waals surface area contributed by atoms with E-state index in [1.54, 1.807) is 32.9 Å². The molecule has 1 heterocycles. The molecular weight excluding hydrogens is 310 g/mol. The summed E-state index contributed by atoms with van der Waals surface area (Å²) in [6.45, 7) is 6.18. The van der Waals surface area contributed by atoms with E-state index in [4.69, 9.17) is 25.8 Å². The Morgan fingerprint density at radius 1 is 1.41 bits per heavy atom. The van der Waals surface area contributed by atoms with Gasteiger partial charge in [-0.25, -0.2) is 4.79 Å². The van der Waals surface area contributed by atoms with Crippen molar-refractivity contribution in [3.8, 4) is 11.5 Å². The van der Waals surface area contributed by atoms with Crippen molar-refractivity contribution in [2.75, 3.05) is 19.8 Å². The maximum Gasteiger partial charge on any atom is 0.407 e. The van der Waals surface area contributed by atoms with Crippen LogP contribution in [0.25, 0.3) is 0 Å². The Kier molecular flexibility index (Phi) is 5.03. The van der Waals surface area contributed by atoms with Gasteiger partial charge in [-0.2, -0.15) is 0 Å². The molecule has 7 heteroatoms. The lowest BCUT2D eigenvalue weighted by molar-refractivity contribution is 0.0491. The van der Waals surface area contributed by atoms with E-state index < -0.39 is 17.8 Å². The van der Waals surface area contributed by atoms with Crippen LogP contribution in [0, 0.1) is 0 Å². The van der Waals surface area contributed by atoms with Crippen molar-refractivity contribution < 1.29 is 24.1 Å². The number of carbonyl (C=O) groups excluding carboxylic acids is 1. The summed E-state index contributed by atoms with van der Waals surface area (Å²) < 4.78 is 16.0. The van der Waals surface area contributed by atoms with E-state index in [0.717, 1.165) is 0 Å². The van der Waals surface area contributed by atoms with Crippen molar-refractivity contribution in [1.82, 2.24) is 5.32 Å². The molecule has 1 amide bonds. The van der Waals surface area contributed by atoms with Crippen molar-refractivity contribution >= 4 is 17.7 Å². The van der Waals surface area contributed by atoms with Gasteiger partial charge >= 0.3 is 6.09 Å². The number of nitrogens with one attached hydrogen (secondary N) is 1. The quantitative estimate of drug-likeness (QED) is 0.891. The molecule has 0 aromatic heterocycles. The van der Waals surface area contributed by atoms with Gasteiger partial charge in [0.15, 0.2) is 11.5 Å². The first-order valence-corrected chi connectivity index (χ1v) is 7.38. The second-order valence-corrected chi connectivity index (χ2v) is 6.33. The van der Waals surface area contributed by atoms with E-state index in [-0.39, 0.29) is 6.54 Å². The van der Waals surface area contributed by atoms with Gasteiger partial charge in [0.05, 0.1) is 17.7 Å². The second kappa shape index (κ2) is 6.62. The van der Waals surface area contributed by atoms with E-state index in [2.05, 4.69) is 5.32 Å². The van der Waals surface area contributed by atoms with Crippen LogP contribution in [-0.4, -0.2) is 36.6 Å². The topological polar surface area (TPSA) is 77.0 Å². The van der Waals surface area contributed by atoms with Gasteiger partial charge in [0.1, 0.15) is 18.8 Å². The van der Waals surface area contributed by atoms with Crippen LogP contribution in [0.4, 0.5) is 4.79 Å². The summed E-state index contributed by atoms with van der Waals surface area (Å²) in [5.74, 6) is 0.967. The summed E-state index contributed by atoms with van der Waals surface area (Å²) in [4.78, 5) is 11.6. The minimum Gasteiger partial charge on any atom is -0.486 e. The van der Waals surface area contributed by atoms with Crippen LogP contribution in [0.2, 0.25) is 5.02 Å². The number of hydrogen-bond donors (Lipinski definition) is 2. The molecule has 0 aliphatic carbocycles. The summed E-state index contributed by atoms with van der Waals surface area (Å²) >= 11 is 6.11. The van der Waals surface area contributed by atoms with Crippen LogP contribution in [-0.2, 0) is 4.74 Å². The van der Waals surface area contributed by atoms with Crippen molar-refractivity contribution in [3.63, 3.8) is 0 Å². The number of ether oxygens (including phenoxy) is 3. The first-order chi connectivity index (χ1) is 10.3. The molecule has 1 aliphatic heterocycles. The molecule has 122 valence electrons. The van der Waals surface area contributed by atoms with Crippen molar-refractivity contribution in [2.24, 2.45) is 0 Å². The van der Waals surface area contributed by atoms with Gasteiger partial charge in [-0.1, -0.05) is 11.6 Å². The van der Waals surface area contributed by atoms with Crippen molar-refractivity contribution in [2.45, 2.75) is 32.5 Å². The van der Waals surface area contributed by atoms with Crippen LogP contribution in [0.15, 0.2) is 12.1 Å². The Morgan fingerprint density at radius 2 is 2.09 bits per heavy atom. The SMILES string of the molecule is CC(C)(C)OC(=O)NCC(O)c1cc(Cl)c2c(c1)OCCO2. The summed E-state index contributed by atoms with van der Waals surface area (Å²) in [5.41, 5.74) is -0.0553. The molecule has 1 unspecified atom stereocenters. The number of fused-ring (bicyclic) bond motifs is 1. The molecule has 6 nitrogen and oxygen atoms in total. The van der Waals surface area contributed by atoms with Gasteiger partial charge in [-0.15, -0.1) is 0 Å². The zero-order chi connectivity index (χ0) is 16.3. The van der Waals surface area contributed by atoms with Crippen LogP contribution >= 0.6 is 11.6 Å². The molecule has 1 aliphatic rings. The number of halogens is 1. The fraction of sp³-hybridized carbons (Fsp3) is 0.533. The molecule has 2 rings (SSSR count). The molecule has 1 aromatic carbocycles. The molecule has 0 saturated heterocycles. The largest absolute Gasteiger partial charge is 0.486 e. The van der Waals surface area contributed by atoms with E-state index in [1.807, 2.05) is 0 Å². The molecule has 0 fully saturated rings. The van der Waals surface area contributed by atoms with Crippen LogP contribution in [0.5, 0.6) is 11.5 Å². The number of aliphatic hydroxyl groups excluding tert-OH is 1. The standard InChI is InChI=1S/C15H20ClNO5/c1-15(2,3)22-14(19)17-8-11(18)9-6-10(16)13-12(7-9)20-4-5-21-13/h6-7,11,18H,4-5,8H2,1-3H3,(H,17,19). The number of hydrogen-bond acceptors (Lipinski definition) is 5. The minimum atomic E-state index is -0.930. The number of rotatable bonds is 3. The lowest BCUT2D eigenvalue weighted by atomic mass is 10.1. The van der Waals surface area contributed by atoms with E-state index in [0.29, 0.717) is 35.3 Å². The molecule has 0 bridgehead atoms. The van der Waals surface area contributed by atoms with Crippen LogP contribution in [0.1, 0.15) is 32.4 Å². The lowest BCUT2D eigenvalue weighted by Crippen LogP contribution is -2.34. The van der Waals surface area contributed by atoms with Crippen molar-refractivity contribution in [1.29, 1.82) is 0 Å². The maximum atomic E-state index is 11.6. The van der Waals surface area contributed by atoms with Gasteiger partial charge < -0.3 is 24.6 Å². The Bertz CT molecular complexity index is 556. The fourth-order valence-corrected chi connectivity index (χ4v) is 2.21. The zero-order valence-electron chi connectivity index (χ0n) is 12.8. The smallest absolute Gasteiger partial charge is 0.407 e. The van der Waals surface area contributed by atoms with E-state index in [9.17, 15) is 9.90 Å². The average molecular weight is 330 g/mol. The molecule has 2 N–H and O–H groups in total. The number of benzene rings is 1. The third-order valence-electron chi connectivity index (χ3n) is 2.84. The number of alkyl carbamates (subject to hydrolysis) is 1. The molecule has 0 saturated carbocycles. The van der Waals surface area contributed by atoms with Crippen LogP contribution in [0.3, 0.4) is 0 Å².